The number of carbonyl (C=O) groups is 1. The summed E-state index contributed by atoms with van der Waals surface area (Å²) in [7, 11) is 0. The van der Waals surface area contributed by atoms with Crippen molar-refractivity contribution in [2.24, 2.45) is 0 Å². The number of hydrogen-bond donors (Lipinski definition) is 1. The molecule has 0 spiro atoms. The highest BCUT2D eigenvalue weighted by Crippen LogP contribution is 2.49. The molecule has 14 heavy (non-hydrogen) atoms. The van der Waals surface area contributed by atoms with Crippen molar-refractivity contribution in [2.45, 2.75) is 18.3 Å². The Bertz CT molecular complexity index is 369. The molecule has 0 heterocycles. The van der Waals surface area contributed by atoms with Crippen molar-refractivity contribution in [2.75, 3.05) is 6.61 Å². The molecule has 0 amide bonds. The minimum atomic E-state index is -0.431. The maximum absolute atomic E-state index is 11.5. The van der Waals surface area contributed by atoms with Crippen molar-refractivity contribution in [1.82, 2.24) is 0 Å². The lowest BCUT2D eigenvalue weighted by atomic mass is 9.92. The summed E-state index contributed by atoms with van der Waals surface area (Å²) in [6.07, 6.45) is 1.65. The average molecular weight is 211 g/mol. The van der Waals surface area contributed by atoms with Crippen molar-refractivity contribution >= 4 is 17.4 Å². The van der Waals surface area contributed by atoms with Gasteiger partial charge in [-0.05, 0) is 30.5 Å². The smallest absolute Gasteiger partial charge is 0.168 e. The highest BCUT2D eigenvalue weighted by atomic mass is 35.5. The number of carbonyl (C=O) groups excluding carboxylic acids is 1. The van der Waals surface area contributed by atoms with Crippen LogP contribution < -0.4 is 0 Å². The van der Waals surface area contributed by atoms with Crippen LogP contribution in [0.15, 0.2) is 24.3 Å². The van der Waals surface area contributed by atoms with E-state index in [0.717, 1.165) is 18.4 Å². The first-order valence-electron chi connectivity index (χ1n) is 4.59. The Morgan fingerprint density at radius 2 is 2.21 bits per heavy atom. The quantitative estimate of drug-likeness (QED) is 0.828. The molecular weight excluding hydrogens is 200 g/mol. The number of aliphatic hydroxyl groups is 1. The zero-order valence-electron chi connectivity index (χ0n) is 7.66. The van der Waals surface area contributed by atoms with E-state index in [4.69, 9.17) is 16.7 Å². The summed E-state index contributed by atoms with van der Waals surface area (Å²) >= 11 is 5.85. The van der Waals surface area contributed by atoms with Crippen molar-refractivity contribution in [3.8, 4) is 0 Å². The second kappa shape index (κ2) is 3.37. The lowest BCUT2D eigenvalue weighted by molar-refractivity contribution is -0.124. The highest BCUT2D eigenvalue weighted by molar-refractivity contribution is 6.30. The van der Waals surface area contributed by atoms with E-state index in [-0.39, 0.29) is 12.4 Å². The van der Waals surface area contributed by atoms with Crippen LogP contribution in [0.2, 0.25) is 5.02 Å². The van der Waals surface area contributed by atoms with Crippen molar-refractivity contribution in [3.05, 3.63) is 34.9 Å². The van der Waals surface area contributed by atoms with Crippen LogP contribution >= 0.6 is 11.6 Å². The second-order valence-electron chi connectivity index (χ2n) is 3.67. The van der Waals surface area contributed by atoms with Crippen LogP contribution in [0.5, 0.6) is 0 Å². The van der Waals surface area contributed by atoms with E-state index in [1.165, 1.54) is 0 Å². The molecule has 0 saturated heterocycles. The van der Waals surface area contributed by atoms with Gasteiger partial charge in [0.05, 0.1) is 5.41 Å². The predicted octanol–water partition coefficient (Wildman–Crippen LogP) is 1.93. The molecule has 2 nitrogen and oxygen atoms in total. The molecule has 2 rings (SSSR count). The van der Waals surface area contributed by atoms with Gasteiger partial charge in [0.15, 0.2) is 5.78 Å². The summed E-state index contributed by atoms with van der Waals surface area (Å²) in [6, 6.07) is 7.32. The monoisotopic (exact) mass is 210 g/mol. The second-order valence-corrected chi connectivity index (χ2v) is 4.11. The molecule has 1 aromatic carbocycles. The van der Waals surface area contributed by atoms with Gasteiger partial charge in [-0.25, -0.2) is 0 Å². The molecule has 0 radical (unpaired) electrons. The number of rotatable bonds is 3. The molecular formula is C11H11ClO2. The van der Waals surface area contributed by atoms with Gasteiger partial charge in [0.1, 0.15) is 6.61 Å². The lowest BCUT2D eigenvalue weighted by Crippen LogP contribution is -2.23. The van der Waals surface area contributed by atoms with E-state index >= 15 is 0 Å². The van der Waals surface area contributed by atoms with E-state index in [1.54, 1.807) is 6.07 Å². The lowest BCUT2D eigenvalue weighted by Gasteiger charge is -2.12. The van der Waals surface area contributed by atoms with Gasteiger partial charge in [0.25, 0.3) is 0 Å². The molecule has 0 aliphatic heterocycles. The standard InChI is InChI=1S/C11H11ClO2/c12-9-3-1-2-8(6-9)11(4-5-11)10(14)7-13/h1-3,6,13H,4-5,7H2. The van der Waals surface area contributed by atoms with Crippen LogP contribution in [-0.4, -0.2) is 17.5 Å². The Balaban J connectivity index is 2.35. The van der Waals surface area contributed by atoms with Crippen LogP contribution in [-0.2, 0) is 10.2 Å². The summed E-state index contributed by atoms with van der Waals surface area (Å²) in [5.41, 5.74) is 0.503. The van der Waals surface area contributed by atoms with E-state index in [1.807, 2.05) is 18.2 Å². The van der Waals surface area contributed by atoms with Crippen molar-refractivity contribution < 1.29 is 9.90 Å². The maximum Gasteiger partial charge on any atom is 0.168 e. The molecule has 1 aliphatic rings. The molecule has 1 saturated carbocycles. The average Bonchev–Trinajstić information content (AvgIpc) is 2.97. The number of Topliss-reactive ketones (excluding diaryl/α,β-unsaturated/α-hetero) is 1. The van der Waals surface area contributed by atoms with Gasteiger partial charge in [-0.15, -0.1) is 0 Å². The third-order valence-corrected chi connectivity index (χ3v) is 3.04. The topological polar surface area (TPSA) is 37.3 Å². The van der Waals surface area contributed by atoms with Crippen molar-refractivity contribution in [1.29, 1.82) is 0 Å². The molecule has 1 aliphatic carbocycles. The van der Waals surface area contributed by atoms with Gasteiger partial charge < -0.3 is 5.11 Å². The summed E-state index contributed by atoms with van der Waals surface area (Å²) in [5, 5.41) is 9.50. The fourth-order valence-corrected chi connectivity index (χ4v) is 1.98. The Morgan fingerprint density at radius 1 is 1.50 bits per heavy atom. The van der Waals surface area contributed by atoms with E-state index in [0.29, 0.717) is 5.02 Å². The first kappa shape index (κ1) is 9.69. The third-order valence-electron chi connectivity index (χ3n) is 2.80. The minimum absolute atomic E-state index is 0.0974. The number of aliphatic hydroxyl groups excluding tert-OH is 1. The van der Waals surface area contributed by atoms with Gasteiger partial charge in [0.2, 0.25) is 0 Å². The molecule has 0 aromatic heterocycles. The molecule has 0 unspecified atom stereocenters. The normalized spacial score (nSPS) is 17.9. The molecule has 1 fully saturated rings. The molecule has 1 N–H and O–H groups in total. The number of ketones is 1. The molecule has 74 valence electrons. The van der Waals surface area contributed by atoms with Crippen molar-refractivity contribution in [3.63, 3.8) is 0 Å². The number of benzene rings is 1. The summed E-state index contributed by atoms with van der Waals surface area (Å²) < 4.78 is 0. The molecule has 0 atom stereocenters. The van der Waals surface area contributed by atoms with E-state index in [2.05, 4.69) is 0 Å². The van der Waals surface area contributed by atoms with Gasteiger partial charge in [-0.2, -0.15) is 0 Å². The van der Waals surface area contributed by atoms with E-state index < -0.39 is 5.41 Å². The van der Waals surface area contributed by atoms with Gasteiger partial charge in [-0.1, -0.05) is 23.7 Å². The van der Waals surface area contributed by atoms with Crippen LogP contribution in [0.4, 0.5) is 0 Å². The summed E-state index contributed by atoms with van der Waals surface area (Å²) in [6.45, 7) is -0.382. The highest BCUT2D eigenvalue weighted by Gasteiger charge is 2.50. The van der Waals surface area contributed by atoms with Crippen LogP contribution in [0.25, 0.3) is 0 Å². The zero-order valence-corrected chi connectivity index (χ0v) is 8.42. The summed E-state index contributed by atoms with van der Waals surface area (Å²) in [5.74, 6) is -0.0974. The van der Waals surface area contributed by atoms with Gasteiger partial charge >= 0.3 is 0 Å². The largest absolute Gasteiger partial charge is 0.389 e. The Labute approximate surface area is 87.5 Å². The Morgan fingerprint density at radius 3 is 2.71 bits per heavy atom. The first-order valence-corrected chi connectivity index (χ1v) is 4.97. The molecule has 3 heteroatoms. The third kappa shape index (κ3) is 1.45. The first-order chi connectivity index (χ1) is 6.69. The number of halogens is 1. The SMILES string of the molecule is O=C(CO)C1(c2cccc(Cl)c2)CC1. The Kier molecular flexibility index (Phi) is 2.33. The number of hydrogen-bond acceptors (Lipinski definition) is 2. The van der Waals surface area contributed by atoms with Gasteiger partial charge in [0, 0.05) is 5.02 Å². The fraction of sp³-hybridized carbons (Fsp3) is 0.364. The van der Waals surface area contributed by atoms with Crippen LogP contribution in [0.3, 0.4) is 0 Å². The summed E-state index contributed by atoms with van der Waals surface area (Å²) in [4.78, 5) is 11.5. The van der Waals surface area contributed by atoms with Crippen LogP contribution in [0, 0.1) is 0 Å². The molecule has 1 aromatic rings. The van der Waals surface area contributed by atoms with E-state index in [9.17, 15) is 4.79 Å². The Hall–Kier alpha value is -0.860. The maximum atomic E-state index is 11.5. The zero-order chi connectivity index (χ0) is 10.2. The van der Waals surface area contributed by atoms with Crippen LogP contribution in [0.1, 0.15) is 18.4 Å². The predicted molar refractivity (Wildman–Crippen MR) is 54.5 cm³/mol. The minimum Gasteiger partial charge on any atom is -0.389 e. The molecule has 0 bridgehead atoms. The van der Waals surface area contributed by atoms with Gasteiger partial charge in [-0.3, -0.25) is 4.79 Å². The fourth-order valence-electron chi connectivity index (χ4n) is 1.79.